The van der Waals surface area contributed by atoms with Gasteiger partial charge in [-0.15, -0.1) is 0 Å². The number of carbonyl (C=O) groups is 1. The molecule has 0 radical (unpaired) electrons. The van der Waals surface area contributed by atoms with Crippen molar-refractivity contribution in [1.82, 2.24) is 5.32 Å². The molecule has 2 fully saturated rings. The Labute approximate surface area is 192 Å². The zero-order valence-corrected chi connectivity index (χ0v) is 19.4. The molecule has 0 aromatic heterocycles. The van der Waals surface area contributed by atoms with Crippen LogP contribution < -0.4 is 10.1 Å². The Morgan fingerprint density at radius 2 is 1.84 bits per heavy atom. The lowest BCUT2D eigenvalue weighted by atomic mass is 9.87. The van der Waals surface area contributed by atoms with Gasteiger partial charge < -0.3 is 10.1 Å². The van der Waals surface area contributed by atoms with Crippen molar-refractivity contribution in [3.63, 3.8) is 0 Å². The molecule has 3 nitrogen and oxygen atoms in total. The summed E-state index contributed by atoms with van der Waals surface area (Å²) in [6, 6.07) is 15.4. The van der Waals surface area contributed by atoms with Crippen molar-refractivity contribution in [2.24, 2.45) is 11.8 Å². The molecule has 1 N–H and O–H groups in total. The minimum atomic E-state index is 0.321. The van der Waals surface area contributed by atoms with E-state index in [-0.39, 0.29) is 0 Å². The first kappa shape index (κ1) is 21.7. The summed E-state index contributed by atoms with van der Waals surface area (Å²) in [5, 5.41) is 3.38. The van der Waals surface area contributed by atoms with Gasteiger partial charge in [-0.25, -0.2) is 0 Å². The number of hydrogen-bond acceptors (Lipinski definition) is 3. The number of ether oxygens (including phenoxy) is 1. The van der Waals surface area contributed by atoms with E-state index in [0.29, 0.717) is 30.0 Å². The molecule has 3 atom stereocenters. The number of hydrogen-bond donors (Lipinski definition) is 1. The largest absolute Gasteiger partial charge is 0.493 e. The first-order valence-corrected chi connectivity index (χ1v) is 12.7. The summed E-state index contributed by atoms with van der Waals surface area (Å²) in [5.41, 5.74) is 5.17. The second-order valence-electron chi connectivity index (χ2n) is 10.4. The molecule has 1 saturated carbocycles. The molecule has 3 aliphatic rings. The summed E-state index contributed by atoms with van der Waals surface area (Å²) < 4.78 is 5.67. The van der Waals surface area contributed by atoms with Gasteiger partial charge in [-0.3, -0.25) is 4.79 Å². The third kappa shape index (κ3) is 4.93. The van der Waals surface area contributed by atoms with Gasteiger partial charge in [-0.1, -0.05) is 43.3 Å². The molecular weight excluding hydrogens is 394 g/mol. The van der Waals surface area contributed by atoms with E-state index in [1.54, 1.807) is 0 Å². The van der Waals surface area contributed by atoms with Gasteiger partial charge in [-0.2, -0.15) is 0 Å². The molecule has 0 spiro atoms. The van der Waals surface area contributed by atoms with Crippen LogP contribution in [0.15, 0.2) is 42.5 Å². The Morgan fingerprint density at radius 3 is 2.66 bits per heavy atom. The van der Waals surface area contributed by atoms with E-state index in [1.807, 2.05) is 0 Å². The summed E-state index contributed by atoms with van der Waals surface area (Å²) in [4.78, 5) is 12.7. The SMILES string of the molecule is C[C@@H](CC1CC[C@H](c2ccc(C(=O)CC3CCNCC3)cc2)C1)c1ccc2c(c1)CCO2. The standard InChI is InChI=1S/C29H37NO2/c1-20(25-8-9-29-27(19-25)12-15-32-29)16-22-2-3-26(17-22)23-4-6-24(7-5-23)28(31)18-21-10-13-30-14-11-21/h4-9,19-22,26,30H,2-3,10-18H2,1H3/t20-,22?,26-/m0/s1. The predicted octanol–water partition coefficient (Wildman–Crippen LogP) is 6.27. The lowest BCUT2D eigenvalue weighted by Crippen LogP contribution is -2.28. The number of Topliss-reactive ketones (excluding diaryl/α,β-unsaturated/α-hetero) is 1. The van der Waals surface area contributed by atoms with Crippen molar-refractivity contribution in [1.29, 1.82) is 0 Å². The minimum Gasteiger partial charge on any atom is -0.493 e. The highest BCUT2D eigenvalue weighted by Crippen LogP contribution is 2.43. The normalized spacial score (nSPS) is 24.2. The topological polar surface area (TPSA) is 38.3 Å². The number of benzene rings is 2. The third-order valence-electron chi connectivity index (χ3n) is 8.15. The van der Waals surface area contributed by atoms with Crippen molar-refractivity contribution in [3.05, 3.63) is 64.7 Å². The number of fused-ring (bicyclic) bond motifs is 1. The Morgan fingerprint density at radius 1 is 1.03 bits per heavy atom. The number of rotatable bonds is 7. The highest BCUT2D eigenvalue weighted by Gasteiger charge is 2.28. The first-order valence-electron chi connectivity index (χ1n) is 12.7. The van der Waals surface area contributed by atoms with Crippen LogP contribution in [0.2, 0.25) is 0 Å². The second-order valence-corrected chi connectivity index (χ2v) is 10.4. The van der Waals surface area contributed by atoms with Gasteiger partial charge in [0.05, 0.1) is 6.61 Å². The minimum absolute atomic E-state index is 0.321. The Kier molecular flexibility index (Phi) is 6.64. The van der Waals surface area contributed by atoms with Gasteiger partial charge >= 0.3 is 0 Å². The lowest BCUT2D eigenvalue weighted by molar-refractivity contribution is 0.0952. The maximum atomic E-state index is 12.7. The molecule has 32 heavy (non-hydrogen) atoms. The molecule has 1 unspecified atom stereocenters. The Hall–Kier alpha value is -2.13. The molecule has 2 aromatic carbocycles. The fourth-order valence-corrected chi connectivity index (χ4v) is 6.15. The fraction of sp³-hybridized carbons (Fsp3) is 0.552. The van der Waals surface area contributed by atoms with Crippen LogP contribution >= 0.6 is 0 Å². The van der Waals surface area contributed by atoms with Gasteiger partial charge in [0.25, 0.3) is 0 Å². The second kappa shape index (κ2) is 9.79. The molecule has 170 valence electrons. The van der Waals surface area contributed by atoms with Gasteiger partial charge in [0.1, 0.15) is 5.75 Å². The molecule has 1 saturated heterocycles. The van der Waals surface area contributed by atoms with Crippen LogP contribution in [0.3, 0.4) is 0 Å². The summed E-state index contributed by atoms with van der Waals surface area (Å²) in [6.07, 6.45) is 9.16. The van der Waals surface area contributed by atoms with E-state index in [4.69, 9.17) is 4.74 Å². The van der Waals surface area contributed by atoms with E-state index >= 15 is 0 Å². The molecule has 2 aromatic rings. The fourth-order valence-electron chi connectivity index (χ4n) is 6.15. The average molecular weight is 432 g/mol. The highest BCUT2D eigenvalue weighted by molar-refractivity contribution is 5.96. The molecule has 5 rings (SSSR count). The zero-order chi connectivity index (χ0) is 21.9. The maximum absolute atomic E-state index is 12.7. The van der Waals surface area contributed by atoms with E-state index in [9.17, 15) is 4.79 Å². The van der Waals surface area contributed by atoms with E-state index < -0.39 is 0 Å². The molecule has 2 heterocycles. The van der Waals surface area contributed by atoms with Crippen molar-refractivity contribution in [2.75, 3.05) is 19.7 Å². The zero-order valence-electron chi connectivity index (χ0n) is 19.4. The summed E-state index contributed by atoms with van der Waals surface area (Å²) in [5.74, 6) is 4.00. The Balaban J connectivity index is 1.14. The van der Waals surface area contributed by atoms with Crippen LogP contribution in [0.5, 0.6) is 5.75 Å². The van der Waals surface area contributed by atoms with E-state index in [2.05, 4.69) is 54.7 Å². The summed E-state index contributed by atoms with van der Waals surface area (Å²) in [6.45, 7) is 5.33. The van der Waals surface area contributed by atoms with Crippen LogP contribution in [0, 0.1) is 11.8 Å². The van der Waals surface area contributed by atoms with E-state index in [0.717, 1.165) is 56.2 Å². The van der Waals surface area contributed by atoms with Gasteiger partial charge in [0.15, 0.2) is 5.78 Å². The van der Waals surface area contributed by atoms with Crippen molar-refractivity contribution in [2.45, 2.75) is 70.1 Å². The number of piperidine rings is 1. The van der Waals surface area contributed by atoms with E-state index in [1.165, 1.54) is 42.4 Å². The number of nitrogens with one attached hydrogen (secondary N) is 1. The summed E-state index contributed by atoms with van der Waals surface area (Å²) >= 11 is 0. The highest BCUT2D eigenvalue weighted by atomic mass is 16.5. The smallest absolute Gasteiger partial charge is 0.163 e. The van der Waals surface area contributed by atoms with Gasteiger partial charge in [-0.05, 0) is 98.0 Å². The van der Waals surface area contributed by atoms with Crippen LogP contribution in [-0.2, 0) is 6.42 Å². The van der Waals surface area contributed by atoms with Crippen molar-refractivity contribution < 1.29 is 9.53 Å². The number of ketones is 1. The molecular formula is C29H37NO2. The predicted molar refractivity (Wildman–Crippen MR) is 130 cm³/mol. The molecule has 0 amide bonds. The summed E-state index contributed by atoms with van der Waals surface area (Å²) in [7, 11) is 0. The van der Waals surface area contributed by atoms with Crippen molar-refractivity contribution in [3.8, 4) is 5.75 Å². The van der Waals surface area contributed by atoms with Crippen LogP contribution in [0.25, 0.3) is 0 Å². The molecule has 0 bridgehead atoms. The molecule has 3 heteroatoms. The van der Waals surface area contributed by atoms with Crippen LogP contribution in [0.4, 0.5) is 0 Å². The maximum Gasteiger partial charge on any atom is 0.163 e. The van der Waals surface area contributed by atoms with Gasteiger partial charge in [0, 0.05) is 18.4 Å². The first-order chi connectivity index (χ1) is 15.7. The molecule has 1 aliphatic carbocycles. The van der Waals surface area contributed by atoms with Crippen LogP contribution in [-0.4, -0.2) is 25.5 Å². The quantitative estimate of drug-likeness (QED) is 0.525. The molecule has 2 aliphatic heterocycles. The lowest BCUT2D eigenvalue weighted by Gasteiger charge is -2.21. The third-order valence-corrected chi connectivity index (χ3v) is 8.15. The monoisotopic (exact) mass is 431 g/mol. The average Bonchev–Trinajstić information content (AvgIpc) is 3.49. The van der Waals surface area contributed by atoms with Gasteiger partial charge in [0.2, 0.25) is 0 Å². The number of carbonyl (C=O) groups excluding carboxylic acids is 1. The van der Waals surface area contributed by atoms with Crippen LogP contribution in [0.1, 0.15) is 90.8 Å². The van der Waals surface area contributed by atoms with Crippen molar-refractivity contribution >= 4 is 5.78 Å². The Bertz CT molecular complexity index is 929.